The third-order valence-corrected chi connectivity index (χ3v) is 3.89. The second-order valence-corrected chi connectivity index (χ2v) is 6.32. The maximum absolute atomic E-state index is 11.9. The van der Waals surface area contributed by atoms with E-state index in [4.69, 9.17) is 4.74 Å². The van der Waals surface area contributed by atoms with E-state index in [1.54, 1.807) is 31.0 Å². The van der Waals surface area contributed by atoms with Crippen molar-refractivity contribution in [3.63, 3.8) is 0 Å². The minimum Gasteiger partial charge on any atom is -0.493 e. The number of rotatable bonds is 7. The molecule has 0 spiro atoms. The fourth-order valence-corrected chi connectivity index (χ4v) is 2.28. The van der Waals surface area contributed by atoms with E-state index in [0.717, 1.165) is 16.9 Å². The molecule has 6 heteroatoms. The lowest BCUT2D eigenvalue weighted by Crippen LogP contribution is -2.38. The molecule has 0 radical (unpaired) electrons. The van der Waals surface area contributed by atoms with Crippen molar-refractivity contribution >= 4 is 5.91 Å². The van der Waals surface area contributed by atoms with Gasteiger partial charge in [-0.15, -0.1) is 0 Å². The number of hydrogen-bond donors (Lipinski definition) is 2. The summed E-state index contributed by atoms with van der Waals surface area (Å²) < 4.78 is 7.29. The van der Waals surface area contributed by atoms with Crippen LogP contribution < -0.4 is 10.1 Å². The summed E-state index contributed by atoms with van der Waals surface area (Å²) in [7, 11) is 1.78. The molecule has 0 saturated heterocycles. The largest absolute Gasteiger partial charge is 0.493 e. The molecule has 0 bridgehead atoms. The molecule has 1 heterocycles. The molecule has 6 nitrogen and oxygen atoms in total. The van der Waals surface area contributed by atoms with Gasteiger partial charge in [-0.3, -0.25) is 9.48 Å². The number of hydrogen-bond acceptors (Lipinski definition) is 4. The van der Waals surface area contributed by atoms with Gasteiger partial charge in [-0.25, -0.2) is 0 Å². The van der Waals surface area contributed by atoms with Crippen molar-refractivity contribution in [2.24, 2.45) is 7.05 Å². The third kappa shape index (κ3) is 4.83. The van der Waals surface area contributed by atoms with Gasteiger partial charge < -0.3 is 15.2 Å². The van der Waals surface area contributed by atoms with Crippen molar-refractivity contribution in [2.45, 2.75) is 32.8 Å². The number of nitrogens with zero attached hydrogens (tertiary/aromatic N) is 2. The van der Waals surface area contributed by atoms with Gasteiger partial charge in [-0.1, -0.05) is 12.1 Å². The first-order chi connectivity index (χ1) is 11.3. The van der Waals surface area contributed by atoms with Crippen LogP contribution in [0, 0.1) is 13.8 Å². The summed E-state index contributed by atoms with van der Waals surface area (Å²) in [4.78, 5) is 11.9. The molecular formula is C18H25N3O3. The van der Waals surface area contributed by atoms with E-state index >= 15 is 0 Å². The lowest BCUT2D eigenvalue weighted by molar-refractivity contribution is -0.122. The third-order valence-electron chi connectivity index (χ3n) is 3.89. The van der Waals surface area contributed by atoms with Crippen LogP contribution in [0.5, 0.6) is 5.75 Å². The molecule has 1 atom stereocenters. The summed E-state index contributed by atoms with van der Waals surface area (Å²) in [5, 5.41) is 17.2. The molecule has 1 amide bonds. The molecule has 0 aliphatic heterocycles. The smallest absolute Gasteiger partial charge is 0.223 e. The van der Waals surface area contributed by atoms with Gasteiger partial charge in [0.2, 0.25) is 5.91 Å². The number of aryl methyl sites for hydroxylation is 3. The van der Waals surface area contributed by atoms with Crippen LogP contribution in [0.1, 0.15) is 30.0 Å². The highest BCUT2D eigenvalue weighted by Gasteiger charge is 2.25. The summed E-state index contributed by atoms with van der Waals surface area (Å²) in [6.45, 7) is 6.04. The van der Waals surface area contributed by atoms with E-state index < -0.39 is 5.60 Å². The minimum absolute atomic E-state index is 0.126. The Morgan fingerprint density at radius 1 is 1.42 bits per heavy atom. The number of carbonyl (C=O) groups is 1. The number of nitrogens with one attached hydrogen (secondary N) is 1. The summed E-state index contributed by atoms with van der Waals surface area (Å²) in [5.41, 5.74) is 1.67. The van der Waals surface area contributed by atoms with Crippen molar-refractivity contribution in [3.05, 3.63) is 47.3 Å². The number of amides is 1. The molecule has 2 N–H and O–H groups in total. The topological polar surface area (TPSA) is 76.4 Å². The average Bonchev–Trinajstić information content (AvgIpc) is 2.96. The SMILES string of the molecule is Cc1ccc(C)c(OCCC(=O)NCC(C)(O)c2cnn(C)c2)c1. The highest BCUT2D eigenvalue weighted by Crippen LogP contribution is 2.20. The van der Waals surface area contributed by atoms with E-state index in [1.165, 1.54) is 0 Å². The van der Waals surface area contributed by atoms with Crippen LogP contribution in [0.2, 0.25) is 0 Å². The van der Waals surface area contributed by atoms with Gasteiger partial charge in [0, 0.05) is 18.8 Å². The molecule has 1 aromatic carbocycles. The van der Waals surface area contributed by atoms with E-state index in [1.807, 2.05) is 32.0 Å². The molecule has 1 aromatic heterocycles. The fourth-order valence-electron chi connectivity index (χ4n) is 2.28. The van der Waals surface area contributed by atoms with Crippen LogP contribution in [0.15, 0.2) is 30.6 Å². The molecule has 1 unspecified atom stereocenters. The Balaban J connectivity index is 1.78. The van der Waals surface area contributed by atoms with Gasteiger partial charge in [-0.2, -0.15) is 5.10 Å². The first-order valence-electron chi connectivity index (χ1n) is 7.96. The number of benzene rings is 1. The van der Waals surface area contributed by atoms with Crippen molar-refractivity contribution in [2.75, 3.05) is 13.2 Å². The van der Waals surface area contributed by atoms with Crippen LogP contribution in [-0.4, -0.2) is 33.9 Å². The zero-order chi connectivity index (χ0) is 17.7. The van der Waals surface area contributed by atoms with E-state index in [2.05, 4.69) is 10.4 Å². The van der Waals surface area contributed by atoms with Gasteiger partial charge in [0.05, 0.1) is 25.8 Å². The van der Waals surface area contributed by atoms with Gasteiger partial charge >= 0.3 is 0 Å². The molecule has 0 fully saturated rings. The van der Waals surface area contributed by atoms with E-state index in [9.17, 15) is 9.90 Å². The van der Waals surface area contributed by atoms with Crippen LogP contribution >= 0.6 is 0 Å². The molecular weight excluding hydrogens is 306 g/mol. The molecule has 130 valence electrons. The van der Waals surface area contributed by atoms with E-state index in [0.29, 0.717) is 12.2 Å². The fraction of sp³-hybridized carbons (Fsp3) is 0.444. The highest BCUT2D eigenvalue weighted by atomic mass is 16.5. The van der Waals surface area contributed by atoms with Crippen molar-refractivity contribution in [1.29, 1.82) is 0 Å². The summed E-state index contributed by atoms with van der Waals surface area (Å²) in [6.07, 6.45) is 3.56. The Morgan fingerprint density at radius 2 is 2.17 bits per heavy atom. The van der Waals surface area contributed by atoms with Crippen LogP contribution in [0.3, 0.4) is 0 Å². The van der Waals surface area contributed by atoms with Gasteiger partial charge in [0.15, 0.2) is 0 Å². The monoisotopic (exact) mass is 331 g/mol. The standard InChI is InChI=1S/C18H25N3O3/c1-13-5-6-14(2)16(9-13)24-8-7-17(22)19-12-18(3,23)15-10-20-21(4)11-15/h5-6,9-11,23H,7-8,12H2,1-4H3,(H,19,22). The summed E-state index contributed by atoms with van der Waals surface area (Å²) >= 11 is 0. The molecule has 2 aromatic rings. The normalized spacial score (nSPS) is 13.4. The van der Waals surface area contributed by atoms with Crippen LogP contribution in [0.4, 0.5) is 0 Å². The average molecular weight is 331 g/mol. The van der Waals surface area contributed by atoms with Gasteiger partial charge in [-0.05, 0) is 38.0 Å². The first kappa shape index (κ1) is 18.0. The molecule has 24 heavy (non-hydrogen) atoms. The number of aromatic nitrogens is 2. The summed E-state index contributed by atoms with van der Waals surface area (Å²) in [5.74, 6) is 0.634. The molecule has 0 aliphatic carbocycles. The molecule has 2 rings (SSSR count). The van der Waals surface area contributed by atoms with Crippen molar-refractivity contribution in [1.82, 2.24) is 15.1 Å². The zero-order valence-corrected chi connectivity index (χ0v) is 14.7. The lowest BCUT2D eigenvalue weighted by Gasteiger charge is -2.22. The Morgan fingerprint density at radius 3 is 2.83 bits per heavy atom. The second-order valence-electron chi connectivity index (χ2n) is 6.32. The number of aliphatic hydroxyl groups is 1. The Labute approximate surface area is 142 Å². The lowest BCUT2D eigenvalue weighted by atomic mass is 10.00. The molecule has 0 saturated carbocycles. The minimum atomic E-state index is -1.15. The Hall–Kier alpha value is -2.34. The zero-order valence-electron chi connectivity index (χ0n) is 14.7. The van der Waals surface area contributed by atoms with Crippen molar-refractivity contribution < 1.29 is 14.6 Å². The predicted octanol–water partition coefficient (Wildman–Crippen LogP) is 1.83. The number of ether oxygens (including phenoxy) is 1. The van der Waals surface area contributed by atoms with Gasteiger partial charge in [0.1, 0.15) is 11.4 Å². The molecule has 0 aliphatic rings. The maximum atomic E-state index is 11.9. The number of carbonyl (C=O) groups excluding carboxylic acids is 1. The first-order valence-corrected chi connectivity index (χ1v) is 7.96. The van der Waals surface area contributed by atoms with Crippen molar-refractivity contribution in [3.8, 4) is 5.75 Å². The van der Waals surface area contributed by atoms with Gasteiger partial charge in [0.25, 0.3) is 0 Å². The Bertz CT molecular complexity index is 707. The van der Waals surface area contributed by atoms with Crippen LogP contribution in [0.25, 0.3) is 0 Å². The summed E-state index contributed by atoms with van der Waals surface area (Å²) in [6, 6.07) is 5.98. The van der Waals surface area contributed by atoms with E-state index in [-0.39, 0.29) is 18.9 Å². The maximum Gasteiger partial charge on any atom is 0.223 e. The Kier molecular flexibility index (Phi) is 5.62. The van der Waals surface area contributed by atoms with Crippen LogP contribution in [-0.2, 0) is 17.4 Å². The quantitative estimate of drug-likeness (QED) is 0.811. The second kappa shape index (κ2) is 7.49. The highest BCUT2D eigenvalue weighted by molar-refractivity contribution is 5.76. The predicted molar refractivity (Wildman–Crippen MR) is 91.8 cm³/mol.